The number of carbonyl (C=O) groups is 1. The van der Waals surface area contributed by atoms with Gasteiger partial charge in [-0.15, -0.1) is 0 Å². The molecule has 0 saturated heterocycles. The average Bonchev–Trinajstić information content (AvgIpc) is 2.15. The van der Waals surface area contributed by atoms with Gasteiger partial charge in [0, 0.05) is 0 Å². The molecule has 0 N–H and O–H groups in total. The van der Waals surface area contributed by atoms with Crippen molar-refractivity contribution in [2.75, 3.05) is 0 Å². The summed E-state index contributed by atoms with van der Waals surface area (Å²) in [5, 5.41) is 0. The summed E-state index contributed by atoms with van der Waals surface area (Å²) in [6.45, 7) is 6.06. The normalized spacial score (nSPS) is 14.2. The first kappa shape index (κ1) is 12.6. The Bertz CT molecular complexity index is 278. The second kappa shape index (κ2) is 8.24. The SMILES string of the molecule is CC/C=C/C(C)=C/C=C/C(C)=C/C=O. The largest absolute Gasteiger partial charge is 0.299 e. The molecule has 76 valence electrons. The van der Waals surface area contributed by atoms with Crippen molar-refractivity contribution >= 4 is 6.29 Å². The summed E-state index contributed by atoms with van der Waals surface area (Å²) >= 11 is 0. The molecule has 0 fully saturated rings. The monoisotopic (exact) mass is 190 g/mol. The van der Waals surface area contributed by atoms with Crippen LogP contribution in [0.4, 0.5) is 0 Å². The molecule has 0 rings (SSSR count). The van der Waals surface area contributed by atoms with Gasteiger partial charge in [0.15, 0.2) is 0 Å². The van der Waals surface area contributed by atoms with Crippen LogP contribution in [0.15, 0.2) is 47.6 Å². The van der Waals surface area contributed by atoms with E-state index in [0.717, 1.165) is 18.3 Å². The van der Waals surface area contributed by atoms with Gasteiger partial charge in [-0.2, -0.15) is 0 Å². The van der Waals surface area contributed by atoms with E-state index in [1.165, 1.54) is 5.57 Å². The molecule has 0 amide bonds. The first-order chi connectivity index (χ1) is 6.70. The maximum absolute atomic E-state index is 10.1. The zero-order valence-corrected chi connectivity index (χ0v) is 9.16. The molecule has 0 aromatic rings. The maximum Gasteiger partial charge on any atom is 0.143 e. The molecule has 1 heteroatoms. The summed E-state index contributed by atoms with van der Waals surface area (Å²) in [7, 11) is 0. The molecule has 1 nitrogen and oxygen atoms in total. The molecular weight excluding hydrogens is 172 g/mol. The molecule has 0 aromatic carbocycles. The summed E-state index contributed by atoms with van der Waals surface area (Å²) in [6.07, 6.45) is 13.5. The second-order valence-corrected chi connectivity index (χ2v) is 3.13. The fraction of sp³-hybridized carbons (Fsp3) is 0.308. The topological polar surface area (TPSA) is 17.1 Å². The number of hydrogen-bond donors (Lipinski definition) is 0. The fourth-order valence-electron chi connectivity index (χ4n) is 0.874. The molecule has 0 aromatic heterocycles. The van der Waals surface area contributed by atoms with Crippen LogP contribution >= 0.6 is 0 Å². The summed E-state index contributed by atoms with van der Waals surface area (Å²) < 4.78 is 0. The van der Waals surface area contributed by atoms with Gasteiger partial charge in [0.05, 0.1) is 0 Å². The number of allylic oxidation sites excluding steroid dienone is 8. The Morgan fingerprint density at radius 2 is 1.71 bits per heavy atom. The van der Waals surface area contributed by atoms with E-state index in [9.17, 15) is 4.79 Å². The summed E-state index contributed by atoms with van der Waals surface area (Å²) in [6, 6.07) is 0. The predicted octanol–water partition coefficient (Wildman–Crippen LogP) is 3.60. The van der Waals surface area contributed by atoms with Crippen LogP contribution in [0.1, 0.15) is 27.2 Å². The third-order valence-electron chi connectivity index (χ3n) is 1.67. The van der Waals surface area contributed by atoms with Gasteiger partial charge < -0.3 is 0 Å². The van der Waals surface area contributed by atoms with Crippen LogP contribution < -0.4 is 0 Å². The molecule has 0 spiro atoms. The highest BCUT2D eigenvalue weighted by Gasteiger charge is 1.79. The van der Waals surface area contributed by atoms with Gasteiger partial charge in [0.1, 0.15) is 6.29 Å². The summed E-state index contributed by atoms with van der Waals surface area (Å²) in [5.41, 5.74) is 2.17. The van der Waals surface area contributed by atoms with Crippen molar-refractivity contribution in [2.45, 2.75) is 27.2 Å². The van der Waals surface area contributed by atoms with Gasteiger partial charge in [0.2, 0.25) is 0 Å². The molecule has 0 unspecified atom stereocenters. The zero-order valence-electron chi connectivity index (χ0n) is 9.16. The lowest BCUT2D eigenvalue weighted by Gasteiger charge is -1.88. The summed E-state index contributed by atoms with van der Waals surface area (Å²) in [5.74, 6) is 0. The van der Waals surface area contributed by atoms with Crippen molar-refractivity contribution in [3.8, 4) is 0 Å². The Hall–Kier alpha value is -1.37. The Balaban J connectivity index is 4.20. The molecule has 0 aliphatic carbocycles. The van der Waals surface area contributed by atoms with Gasteiger partial charge in [-0.05, 0) is 31.9 Å². The number of carbonyl (C=O) groups excluding carboxylic acids is 1. The average molecular weight is 190 g/mol. The van der Waals surface area contributed by atoms with Crippen LogP contribution in [0.5, 0.6) is 0 Å². The van der Waals surface area contributed by atoms with Gasteiger partial charge in [0.25, 0.3) is 0 Å². The molecule has 0 heterocycles. The van der Waals surface area contributed by atoms with E-state index < -0.39 is 0 Å². The number of rotatable bonds is 5. The van der Waals surface area contributed by atoms with Crippen molar-refractivity contribution < 1.29 is 4.79 Å². The van der Waals surface area contributed by atoms with Crippen molar-refractivity contribution in [1.82, 2.24) is 0 Å². The highest BCUT2D eigenvalue weighted by atomic mass is 16.1. The minimum atomic E-state index is 0.799. The first-order valence-corrected chi connectivity index (χ1v) is 4.84. The van der Waals surface area contributed by atoms with E-state index in [4.69, 9.17) is 0 Å². The quantitative estimate of drug-likeness (QED) is 0.368. The van der Waals surface area contributed by atoms with Crippen LogP contribution in [0.2, 0.25) is 0 Å². The third kappa shape index (κ3) is 7.29. The fourth-order valence-corrected chi connectivity index (χ4v) is 0.874. The molecule has 0 saturated carbocycles. The Kier molecular flexibility index (Phi) is 7.43. The molecular formula is C13H18O. The third-order valence-corrected chi connectivity index (χ3v) is 1.67. The van der Waals surface area contributed by atoms with Crippen molar-refractivity contribution in [1.29, 1.82) is 0 Å². The Morgan fingerprint density at radius 1 is 1.07 bits per heavy atom. The van der Waals surface area contributed by atoms with Gasteiger partial charge in [-0.25, -0.2) is 0 Å². The van der Waals surface area contributed by atoms with Crippen molar-refractivity contribution in [2.24, 2.45) is 0 Å². The first-order valence-electron chi connectivity index (χ1n) is 4.84. The predicted molar refractivity (Wildman–Crippen MR) is 62.1 cm³/mol. The van der Waals surface area contributed by atoms with Crippen LogP contribution in [-0.2, 0) is 4.79 Å². The molecule has 0 bridgehead atoms. The number of aldehydes is 1. The van der Waals surface area contributed by atoms with Crippen LogP contribution in [-0.4, -0.2) is 6.29 Å². The Morgan fingerprint density at radius 3 is 2.29 bits per heavy atom. The minimum absolute atomic E-state index is 0.799. The van der Waals surface area contributed by atoms with Gasteiger partial charge in [-0.1, -0.05) is 42.9 Å². The molecule has 0 atom stereocenters. The van der Waals surface area contributed by atoms with Gasteiger partial charge in [-0.3, -0.25) is 4.79 Å². The highest BCUT2D eigenvalue weighted by molar-refractivity contribution is 5.66. The lowest BCUT2D eigenvalue weighted by Crippen LogP contribution is -1.70. The number of hydrogen-bond acceptors (Lipinski definition) is 1. The van der Waals surface area contributed by atoms with Crippen molar-refractivity contribution in [3.05, 3.63) is 47.6 Å². The minimum Gasteiger partial charge on any atom is -0.299 e. The molecule has 0 radical (unpaired) electrons. The van der Waals surface area contributed by atoms with E-state index in [0.29, 0.717) is 0 Å². The standard InChI is InChI=1S/C13H18O/c1-4-5-7-12(2)8-6-9-13(3)10-11-14/h5-11H,4H2,1-3H3/b7-5+,9-6+,12-8+,13-10+. The van der Waals surface area contributed by atoms with E-state index in [-0.39, 0.29) is 0 Å². The molecule has 0 aliphatic rings. The van der Waals surface area contributed by atoms with E-state index >= 15 is 0 Å². The summed E-state index contributed by atoms with van der Waals surface area (Å²) in [4.78, 5) is 10.1. The highest BCUT2D eigenvalue weighted by Crippen LogP contribution is 1.99. The molecule has 14 heavy (non-hydrogen) atoms. The Labute approximate surface area is 86.5 Å². The molecule has 0 aliphatic heterocycles. The maximum atomic E-state index is 10.1. The lowest BCUT2D eigenvalue weighted by molar-refractivity contribution is -0.104. The van der Waals surface area contributed by atoms with Crippen LogP contribution in [0.25, 0.3) is 0 Å². The van der Waals surface area contributed by atoms with Gasteiger partial charge >= 0.3 is 0 Å². The van der Waals surface area contributed by atoms with Crippen LogP contribution in [0, 0.1) is 0 Å². The smallest absolute Gasteiger partial charge is 0.143 e. The zero-order chi connectivity index (χ0) is 10.8. The lowest BCUT2D eigenvalue weighted by atomic mass is 10.2. The van der Waals surface area contributed by atoms with E-state index in [1.807, 2.05) is 25.2 Å². The van der Waals surface area contributed by atoms with E-state index in [1.54, 1.807) is 6.08 Å². The van der Waals surface area contributed by atoms with Crippen LogP contribution in [0.3, 0.4) is 0 Å². The van der Waals surface area contributed by atoms with Crippen molar-refractivity contribution in [3.63, 3.8) is 0 Å². The van der Waals surface area contributed by atoms with E-state index in [2.05, 4.69) is 26.0 Å². The second-order valence-electron chi connectivity index (χ2n) is 3.13.